The predicted octanol–water partition coefficient (Wildman–Crippen LogP) is 5.27. The van der Waals surface area contributed by atoms with Gasteiger partial charge in [-0.2, -0.15) is 0 Å². The number of methoxy groups -OCH3 is 1. The summed E-state index contributed by atoms with van der Waals surface area (Å²) in [6, 6.07) is 24.3. The summed E-state index contributed by atoms with van der Waals surface area (Å²) in [5.41, 5.74) is 3.31. The quantitative estimate of drug-likeness (QED) is 0.245. The van der Waals surface area contributed by atoms with Gasteiger partial charge < -0.3 is 9.47 Å². The minimum atomic E-state index is -0.400. The van der Waals surface area contributed by atoms with Crippen molar-refractivity contribution in [2.75, 3.05) is 13.7 Å². The van der Waals surface area contributed by atoms with Crippen LogP contribution in [0.2, 0.25) is 0 Å². The van der Waals surface area contributed by atoms with Crippen LogP contribution in [0, 0.1) is 11.8 Å². The molecule has 0 unspecified atom stereocenters. The Hall–Kier alpha value is -3.68. The lowest BCUT2D eigenvalue weighted by Crippen LogP contribution is -2.22. The molecule has 0 N–H and O–H groups in total. The zero-order valence-corrected chi connectivity index (χ0v) is 19.0. The molecular formula is C29H28O4. The average molecular weight is 441 g/mol. The molecule has 0 heterocycles. The summed E-state index contributed by atoms with van der Waals surface area (Å²) in [6.07, 6.45) is 1.70. The molecule has 0 saturated carbocycles. The van der Waals surface area contributed by atoms with Gasteiger partial charge in [0.2, 0.25) is 0 Å². The van der Waals surface area contributed by atoms with Crippen molar-refractivity contribution in [2.24, 2.45) is 0 Å². The van der Waals surface area contributed by atoms with Gasteiger partial charge in [0.15, 0.2) is 11.6 Å². The van der Waals surface area contributed by atoms with Gasteiger partial charge in [-0.15, -0.1) is 0 Å². The van der Waals surface area contributed by atoms with Crippen molar-refractivity contribution in [3.63, 3.8) is 0 Å². The monoisotopic (exact) mass is 440 g/mol. The van der Waals surface area contributed by atoms with E-state index in [1.807, 2.05) is 66.7 Å². The smallest absolute Gasteiger partial charge is 0.193 e. The Morgan fingerprint density at radius 1 is 0.879 bits per heavy atom. The van der Waals surface area contributed by atoms with E-state index >= 15 is 0 Å². The third-order valence-corrected chi connectivity index (χ3v) is 5.21. The Labute approximate surface area is 195 Å². The van der Waals surface area contributed by atoms with Gasteiger partial charge >= 0.3 is 0 Å². The predicted molar refractivity (Wildman–Crippen MR) is 130 cm³/mol. The first-order valence-corrected chi connectivity index (χ1v) is 11.0. The summed E-state index contributed by atoms with van der Waals surface area (Å²) in [7, 11) is 1.55. The summed E-state index contributed by atoms with van der Waals surface area (Å²) in [5.74, 6) is 7.09. The molecule has 0 spiro atoms. The highest BCUT2D eigenvalue weighted by atomic mass is 16.5. The maximum atomic E-state index is 12.4. The molecule has 4 nitrogen and oxygen atoms in total. The van der Waals surface area contributed by atoms with E-state index < -0.39 is 6.10 Å². The number of hydrogen-bond acceptors (Lipinski definition) is 4. The number of unbranched alkanes of at least 4 members (excludes halogenated alkanes) is 1. The Morgan fingerprint density at radius 2 is 1.55 bits per heavy atom. The Morgan fingerprint density at radius 3 is 2.18 bits per heavy atom. The lowest BCUT2D eigenvalue weighted by molar-refractivity contribution is -0.126. The van der Waals surface area contributed by atoms with Crippen molar-refractivity contribution in [3.8, 4) is 17.6 Å². The molecule has 0 aliphatic heterocycles. The molecule has 0 fully saturated rings. The first kappa shape index (κ1) is 24.0. The summed E-state index contributed by atoms with van der Waals surface area (Å²) in [5, 5.41) is 0. The normalized spacial score (nSPS) is 11.2. The maximum Gasteiger partial charge on any atom is 0.193 e. The number of rotatable bonds is 10. The van der Waals surface area contributed by atoms with Crippen molar-refractivity contribution < 1.29 is 19.1 Å². The molecule has 0 aliphatic carbocycles. The van der Waals surface area contributed by atoms with E-state index in [-0.39, 0.29) is 11.6 Å². The van der Waals surface area contributed by atoms with Crippen LogP contribution < -0.4 is 4.74 Å². The van der Waals surface area contributed by atoms with Gasteiger partial charge in [-0.3, -0.25) is 9.59 Å². The highest BCUT2D eigenvalue weighted by molar-refractivity contribution is 6.08. The summed E-state index contributed by atoms with van der Waals surface area (Å²) in [4.78, 5) is 23.9. The fourth-order valence-electron chi connectivity index (χ4n) is 3.31. The van der Waals surface area contributed by atoms with E-state index in [1.54, 1.807) is 26.2 Å². The van der Waals surface area contributed by atoms with Crippen molar-refractivity contribution in [1.82, 2.24) is 0 Å². The van der Waals surface area contributed by atoms with Crippen molar-refractivity contribution >= 4 is 11.6 Å². The Bertz CT molecular complexity index is 1100. The molecule has 0 aromatic heterocycles. The zero-order chi connectivity index (χ0) is 23.5. The number of ketones is 2. The summed E-state index contributed by atoms with van der Waals surface area (Å²) < 4.78 is 11.0. The van der Waals surface area contributed by atoms with E-state index in [4.69, 9.17) is 9.47 Å². The van der Waals surface area contributed by atoms with Gasteiger partial charge in [-0.05, 0) is 55.3 Å². The molecule has 168 valence electrons. The third kappa shape index (κ3) is 7.45. The van der Waals surface area contributed by atoms with Crippen LogP contribution in [0.4, 0.5) is 0 Å². The molecule has 0 aliphatic rings. The van der Waals surface area contributed by atoms with Crippen LogP contribution in [0.5, 0.6) is 5.75 Å². The van der Waals surface area contributed by atoms with E-state index in [0.717, 1.165) is 29.7 Å². The second-order valence-electron chi connectivity index (χ2n) is 7.71. The standard InChI is InChI=1S/C29H28O4/c1-22(30)28(32-2)21-24-14-12-23(13-15-24)9-5-4-8-20-33-27-18-16-26(17-19-27)29(31)25-10-6-3-7-11-25/h3,6-7,10-19,28H,4,8,20-21H2,1-2H3/t28-/m0/s1. The SMILES string of the molecule is CO[C@@H](Cc1ccc(C#CCCCOc2ccc(C(=O)c3ccccc3)cc2)cc1)C(C)=O. The molecule has 4 heteroatoms. The van der Waals surface area contributed by atoms with Crippen LogP contribution in [0.25, 0.3) is 0 Å². The van der Waals surface area contributed by atoms with Crippen LogP contribution >= 0.6 is 0 Å². The molecule has 0 bridgehead atoms. The highest BCUT2D eigenvalue weighted by Gasteiger charge is 2.13. The lowest BCUT2D eigenvalue weighted by Gasteiger charge is -2.11. The molecule has 3 rings (SSSR count). The fraction of sp³-hybridized carbons (Fsp3) is 0.241. The van der Waals surface area contributed by atoms with Crippen molar-refractivity contribution in [1.29, 1.82) is 0 Å². The van der Waals surface area contributed by atoms with Crippen LogP contribution in [0.3, 0.4) is 0 Å². The summed E-state index contributed by atoms with van der Waals surface area (Å²) >= 11 is 0. The van der Waals surface area contributed by atoms with Crippen LogP contribution in [-0.2, 0) is 16.0 Å². The van der Waals surface area contributed by atoms with Gasteiger partial charge in [0.05, 0.1) is 6.61 Å². The van der Waals surface area contributed by atoms with Crippen LogP contribution in [0.15, 0.2) is 78.9 Å². The molecule has 3 aromatic rings. The number of carbonyl (C=O) groups excluding carboxylic acids is 2. The topological polar surface area (TPSA) is 52.6 Å². The largest absolute Gasteiger partial charge is 0.494 e. The Kier molecular flexibility index (Phi) is 8.99. The van der Waals surface area contributed by atoms with E-state index in [2.05, 4.69) is 11.8 Å². The molecule has 0 saturated heterocycles. The molecule has 0 radical (unpaired) electrons. The minimum Gasteiger partial charge on any atom is -0.494 e. The van der Waals surface area contributed by atoms with E-state index in [1.165, 1.54) is 0 Å². The van der Waals surface area contributed by atoms with E-state index in [0.29, 0.717) is 24.2 Å². The average Bonchev–Trinajstić information content (AvgIpc) is 2.85. The second-order valence-corrected chi connectivity index (χ2v) is 7.71. The van der Waals surface area contributed by atoms with Crippen LogP contribution in [-0.4, -0.2) is 31.4 Å². The van der Waals surface area contributed by atoms with Gasteiger partial charge in [0.25, 0.3) is 0 Å². The first-order chi connectivity index (χ1) is 16.1. The molecule has 3 aromatic carbocycles. The van der Waals surface area contributed by atoms with Gasteiger partial charge in [-0.1, -0.05) is 54.3 Å². The highest BCUT2D eigenvalue weighted by Crippen LogP contribution is 2.16. The third-order valence-electron chi connectivity index (χ3n) is 5.21. The number of benzene rings is 3. The minimum absolute atomic E-state index is 0.00261. The molecule has 33 heavy (non-hydrogen) atoms. The maximum absolute atomic E-state index is 12.4. The Balaban J connectivity index is 1.40. The molecule has 0 amide bonds. The second kappa shape index (κ2) is 12.4. The van der Waals surface area contributed by atoms with Crippen molar-refractivity contribution in [3.05, 3.63) is 101 Å². The van der Waals surface area contributed by atoms with Gasteiger partial charge in [-0.25, -0.2) is 0 Å². The van der Waals surface area contributed by atoms with Crippen LogP contribution in [0.1, 0.15) is 46.8 Å². The number of hydrogen-bond donors (Lipinski definition) is 0. The number of ether oxygens (including phenoxy) is 2. The first-order valence-electron chi connectivity index (χ1n) is 11.0. The number of Topliss-reactive ketones (excluding diaryl/α,β-unsaturated/α-hetero) is 1. The lowest BCUT2D eigenvalue weighted by atomic mass is 10.0. The fourth-order valence-corrected chi connectivity index (χ4v) is 3.31. The molecular weight excluding hydrogens is 412 g/mol. The van der Waals surface area contributed by atoms with Gasteiger partial charge in [0.1, 0.15) is 11.9 Å². The van der Waals surface area contributed by atoms with Crippen molar-refractivity contribution in [2.45, 2.75) is 32.3 Å². The summed E-state index contributed by atoms with van der Waals surface area (Å²) in [6.45, 7) is 2.10. The molecule has 1 atom stereocenters. The zero-order valence-electron chi connectivity index (χ0n) is 19.0. The van der Waals surface area contributed by atoms with Gasteiger partial charge in [0, 0.05) is 36.6 Å². The number of carbonyl (C=O) groups is 2. The van der Waals surface area contributed by atoms with E-state index in [9.17, 15) is 9.59 Å².